The quantitative estimate of drug-likeness (QED) is 0.898. The summed E-state index contributed by atoms with van der Waals surface area (Å²) in [4.78, 5) is 18.8. The van der Waals surface area contributed by atoms with Gasteiger partial charge in [0.15, 0.2) is 0 Å². The van der Waals surface area contributed by atoms with Gasteiger partial charge in [-0.15, -0.1) is 11.3 Å². The highest BCUT2D eigenvalue weighted by molar-refractivity contribution is 7.09. The van der Waals surface area contributed by atoms with Crippen molar-refractivity contribution in [2.45, 2.75) is 52.0 Å². The van der Waals surface area contributed by atoms with Crippen LogP contribution in [-0.4, -0.2) is 40.7 Å². The van der Waals surface area contributed by atoms with Crippen LogP contribution in [0.4, 0.5) is 4.79 Å². The monoisotopic (exact) mass is 325 g/mol. The highest BCUT2D eigenvalue weighted by atomic mass is 32.1. The topological polar surface area (TPSA) is 65.5 Å². The molecule has 1 saturated heterocycles. The van der Waals surface area contributed by atoms with Gasteiger partial charge in [-0.1, -0.05) is 20.8 Å². The Hall–Kier alpha value is -1.14. The molecule has 124 valence electrons. The van der Waals surface area contributed by atoms with Gasteiger partial charge in [-0.25, -0.2) is 9.78 Å². The van der Waals surface area contributed by atoms with Crippen LogP contribution >= 0.6 is 11.3 Å². The molecule has 2 amide bonds. The molecule has 6 heteroatoms. The number of hydrogen-bond donors (Lipinski definition) is 2. The summed E-state index contributed by atoms with van der Waals surface area (Å²) in [7, 11) is 0. The van der Waals surface area contributed by atoms with Crippen molar-refractivity contribution >= 4 is 17.4 Å². The Labute approximate surface area is 136 Å². The van der Waals surface area contributed by atoms with Gasteiger partial charge in [-0.05, 0) is 25.7 Å². The average molecular weight is 325 g/mol. The predicted molar refractivity (Wildman–Crippen MR) is 89.1 cm³/mol. The van der Waals surface area contributed by atoms with Crippen LogP contribution in [0.3, 0.4) is 0 Å². The molecule has 22 heavy (non-hydrogen) atoms. The smallest absolute Gasteiger partial charge is 0.317 e. The SMILES string of the molecule is C[C@H](NC(=O)N1CCC[C@H](CO)C1)c1nc(C(C)(C)C)cs1. The maximum Gasteiger partial charge on any atom is 0.317 e. The highest BCUT2D eigenvalue weighted by Gasteiger charge is 2.25. The van der Waals surface area contributed by atoms with Crippen molar-refractivity contribution in [2.75, 3.05) is 19.7 Å². The van der Waals surface area contributed by atoms with E-state index in [0.717, 1.165) is 30.1 Å². The number of likely N-dealkylation sites (tertiary alicyclic amines) is 1. The molecule has 2 atom stereocenters. The molecule has 0 bridgehead atoms. The zero-order valence-electron chi connectivity index (χ0n) is 13.9. The summed E-state index contributed by atoms with van der Waals surface area (Å²) >= 11 is 1.59. The molecule has 1 aliphatic heterocycles. The normalized spacial score (nSPS) is 20.8. The first kappa shape index (κ1) is 17.2. The third kappa shape index (κ3) is 4.20. The first-order valence-corrected chi connectivity index (χ1v) is 8.81. The van der Waals surface area contributed by atoms with Gasteiger partial charge in [0.05, 0.1) is 11.7 Å². The fourth-order valence-electron chi connectivity index (χ4n) is 2.57. The third-order valence-corrected chi connectivity index (χ3v) is 5.09. The number of aliphatic hydroxyl groups is 1. The van der Waals surface area contributed by atoms with E-state index in [4.69, 9.17) is 0 Å². The number of carbonyl (C=O) groups excluding carboxylic acids is 1. The minimum Gasteiger partial charge on any atom is -0.396 e. The van der Waals surface area contributed by atoms with Crippen LogP contribution in [0.25, 0.3) is 0 Å². The Bertz CT molecular complexity index is 510. The molecule has 5 nitrogen and oxygen atoms in total. The summed E-state index contributed by atoms with van der Waals surface area (Å²) in [5, 5.41) is 15.3. The molecule has 1 aliphatic rings. The number of nitrogens with zero attached hydrogens (tertiary/aromatic N) is 2. The third-order valence-electron chi connectivity index (χ3n) is 4.07. The lowest BCUT2D eigenvalue weighted by molar-refractivity contribution is 0.128. The van der Waals surface area contributed by atoms with Crippen molar-refractivity contribution in [1.82, 2.24) is 15.2 Å². The lowest BCUT2D eigenvalue weighted by Crippen LogP contribution is -2.46. The summed E-state index contributed by atoms with van der Waals surface area (Å²) in [6.07, 6.45) is 1.95. The van der Waals surface area contributed by atoms with E-state index in [1.54, 1.807) is 16.2 Å². The van der Waals surface area contributed by atoms with Gasteiger partial charge >= 0.3 is 6.03 Å². The number of rotatable bonds is 3. The molecule has 0 aromatic carbocycles. The number of amides is 2. The van der Waals surface area contributed by atoms with Gasteiger partial charge in [0.25, 0.3) is 0 Å². The second-order valence-corrected chi connectivity index (χ2v) is 8.02. The maximum atomic E-state index is 12.4. The van der Waals surface area contributed by atoms with Crippen molar-refractivity contribution in [3.8, 4) is 0 Å². The number of aromatic nitrogens is 1. The largest absolute Gasteiger partial charge is 0.396 e. The minimum absolute atomic E-state index is 0.0275. The van der Waals surface area contributed by atoms with Crippen LogP contribution in [0.5, 0.6) is 0 Å². The number of piperidine rings is 1. The molecule has 1 aromatic heterocycles. The van der Waals surface area contributed by atoms with Crippen LogP contribution in [0, 0.1) is 5.92 Å². The van der Waals surface area contributed by atoms with E-state index in [9.17, 15) is 9.90 Å². The second kappa shape index (κ2) is 6.96. The summed E-state index contributed by atoms with van der Waals surface area (Å²) < 4.78 is 0. The zero-order chi connectivity index (χ0) is 16.3. The van der Waals surface area contributed by atoms with Crippen molar-refractivity contribution in [1.29, 1.82) is 0 Å². The molecule has 0 aliphatic carbocycles. The molecule has 0 saturated carbocycles. The van der Waals surface area contributed by atoms with Gasteiger partial charge in [0.2, 0.25) is 0 Å². The van der Waals surface area contributed by atoms with Gasteiger partial charge in [-0.3, -0.25) is 0 Å². The molecule has 0 unspecified atom stereocenters. The van der Waals surface area contributed by atoms with E-state index >= 15 is 0 Å². The molecule has 2 rings (SSSR count). The number of carbonyl (C=O) groups is 1. The fraction of sp³-hybridized carbons (Fsp3) is 0.750. The first-order chi connectivity index (χ1) is 10.3. The van der Waals surface area contributed by atoms with Crippen LogP contribution in [0.15, 0.2) is 5.38 Å². The molecule has 0 spiro atoms. The minimum atomic E-state index is -0.0943. The van der Waals surface area contributed by atoms with Crippen molar-refractivity contribution in [3.63, 3.8) is 0 Å². The molecule has 1 fully saturated rings. The lowest BCUT2D eigenvalue weighted by Gasteiger charge is -2.32. The van der Waals surface area contributed by atoms with Crippen LogP contribution in [0.2, 0.25) is 0 Å². The van der Waals surface area contributed by atoms with E-state index in [1.807, 2.05) is 6.92 Å². The summed E-state index contributed by atoms with van der Waals surface area (Å²) in [5.74, 6) is 0.210. The summed E-state index contributed by atoms with van der Waals surface area (Å²) in [5.41, 5.74) is 1.09. The van der Waals surface area contributed by atoms with E-state index in [-0.39, 0.29) is 30.0 Å². The van der Waals surface area contributed by atoms with Crippen LogP contribution in [0.1, 0.15) is 57.3 Å². The molecular formula is C16H27N3O2S. The molecule has 2 heterocycles. The Balaban J connectivity index is 1.95. The fourth-order valence-corrected chi connectivity index (χ4v) is 3.62. The van der Waals surface area contributed by atoms with Gasteiger partial charge in [-0.2, -0.15) is 0 Å². The second-order valence-electron chi connectivity index (χ2n) is 7.13. The Morgan fingerprint density at radius 2 is 2.32 bits per heavy atom. The molecule has 1 aromatic rings. The summed E-state index contributed by atoms with van der Waals surface area (Å²) in [6, 6.07) is -0.152. The average Bonchev–Trinajstić information content (AvgIpc) is 2.97. The Kier molecular flexibility index (Phi) is 5.45. The van der Waals surface area contributed by atoms with E-state index in [1.165, 1.54) is 0 Å². The zero-order valence-corrected chi connectivity index (χ0v) is 14.7. The molecule has 2 N–H and O–H groups in total. The number of hydrogen-bond acceptors (Lipinski definition) is 4. The van der Waals surface area contributed by atoms with Gasteiger partial charge in [0.1, 0.15) is 5.01 Å². The maximum absolute atomic E-state index is 12.4. The Morgan fingerprint density at radius 1 is 1.59 bits per heavy atom. The number of aliphatic hydroxyl groups excluding tert-OH is 1. The van der Waals surface area contributed by atoms with Crippen molar-refractivity contribution in [2.24, 2.45) is 5.92 Å². The number of nitrogens with one attached hydrogen (secondary N) is 1. The van der Waals surface area contributed by atoms with E-state index < -0.39 is 0 Å². The van der Waals surface area contributed by atoms with Gasteiger partial charge < -0.3 is 15.3 Å². The first-order valence-electron chi connectivity index (χ1n) is 7.93. The van der Waals surface area contributed by atoms with Gasteiger partial charge in [0, 0.05) is 30.5 Å². The summed E-state index contributed by atoms with van der Waals surface area (Å²) in [6.45, 7) is 9.94. The van der Waals surface area contributed by atoms with E-state index in [2.05, 4.69) is 36.5 Å². The Morgan fingerprint density at radius 3 is 2.91 bits per heavy atom. The predicted octanol–water partition coefficient (Wildman–Crippen LogP) is 2.92. The van der Waals surface area contributed by atoms with E-state index in [0.29, 0.717) is 6.54 Å². The van der Waals surface area contributed by atoms with Crippen molar-refractivity contribution < 1.29 is 9.90 Å². The standard InChI is InChI=1S/C16H27N3O2S/c1-11(14-18-13(10-22-14)16(2,3)4)17-15(21)19-7-5-6-12(8-19)9-20/h10-12,20H,5-9H2,1-4H3,(H,17,21)/t11-,12-/m0/s1. The van der Waals surface area contributed by atoms with Crippen LogP contribution in [-0.2, 0) is 5.41 Å². The van der Waals surface area contributed by atoms with Crippen molar-refractivity contribution in [3.05, 3.63) is 16.1 Å². The number of thiazole rings is 1. The molecule has 0 radical (unpaired) electrons. The number of urea groups is 1. The van der Waals surface area contributed by atoms with Crippen LogP contribution < -0.4 is 5.32 Å². The highest BCUT2D eigenvalue weighted by Crippen LogP contribution is 2.27. The lowest BCUT2D eigenvalue weighted by atomic mass is 9.93. The molecular weight excluding hydrogens is 298 g/mol.